The zero-order valence-electron chi connectivity index (χ0n) is 26.1. The molecule has 1 atom stereocenters. The van der Waals surface area contributed by atoms with Crippen molar-refractivity contribution in [3.05, 3.63) is 39.7 Å². The Labute approximate surface area is 245 Å². The summed E-state index contributed by atoms with van der Waals surface area (Å²) in [6.07, 6.45) is 2.62. The van der Waals surface area contributed by atoms with Crippen LogP contribution in [0.5, 0.6) is 0 Å². The van der Waals surface area contributed by atoms with Crippen LogP contribution in [0.3, 0.4) is 0 Å². The number of benzene rings is 1. The Morgan fingerprint density at radius 1 is 1.17 bits per heavy atom. The number of carbonyl (C=O) groups excluding carboxylic acids is 1. The molecular formula is C32H47N4O4P. The van der Waals surface area contributed by atoms with Gasteiger partial charge < -0.3 is 18.8 Å². The Kier molecular flexibility index (Phi) is 9.12. The van der Waals surface area contributed by atoms with Crippen molar-refractivity contribution < 1.29 is 13.8 Å². The van der Waals surface area contributed by atoms with E-state index in [2.05, 4.69) is 49.4 Å². The molecule has 0 aliphatic carbocycles. The lowest BCUT2D eigenvalue weighted by molar-refractivity contribution is 0.0673. The summed E-state index contributed by atoms with van der Waals surface area (Å²) in [6.45, 7) is 19.1. The van der Waals surface area contributed by atoms with E-state index in [1.54, 1.807) is 11.0 Å². The van der Waals surface area contributed by atoms with E-state index in [0.717, 1.165) is 24.0 Å². The van der Waals surface area contributed by atoms with Gasteiger partial charge in [-0.05, 0) is 63.6 Å². The van der Waals surface area contributed by atoms with Crippen LogP contribution in [0, 0.1) is 11.3 Å². The maximum absolute atomic E-state index is 14.2. The molecule has 0 bridgehead atoms. The summed E-state index contributed by atoms with van der Waals surface area (Å²) in [6, 6.07) is 7.98. The van der Waals surface area contributed by atoms with E-state index in [1.807, 2.05) is 33.8 Å². The van der Waals surface area contributed by atoms with Crippen LogP contribution in [0.4, 0.5) is 5.69 Å². The molecule has 1 fully saturated rings. The van der Waals surface area contributed by atoms with Crippen molar-refractivity contribution in [3.8, 4) is 6.07 Å². The van der Waals surface area contributed by atoms with E-state index in [1.165, 1.54) is 5.56 Å². The van der Waals surface area contributed by atoms with Crippen LogP contribution < -0.4 is 10.5 Å². The van der Waals surface area contributed by atoms with Gasteiger partial charge in [0.15, 0.2) is 7.29 Å². The maximum Gasteiger partial charge on any atom is 0.349 e. The van der Waals surface area contributed by atoms with E-state index in [9.17, 15) is 19.4 Å². The Morgan fingerprint density at radius 2 is 1.80 bits per heavy atom. The van der Waals surface area contributed by atoms with Gasteiger partial charge in [0.05, 0.1) is 6.07 Å². The van der Waals surface area contributed by atoms with Crippen LogP contribution in [0.15, 0.2) is 27.4 Å². The van der Waals surface area contributed by atoms with Crippen molar-refractivity contribution in [2.45, 2.75) is 110 Å². The molecule has 2 aromatic rings. The number of carbonyl (C=O) groups is 1. The Morgan fingerprint density at radius 3 is 2.37 bits per heavy atom. The molecule has 9 heteroatoms. The van der Waals surface area contributed by atoms with Crippen LogP contribution in [0.1, 0.15) is 103 Å². The highest BCUT2D eigenvalue weighted by molar-refractivity contribution is 7.62. The number of piperidine rings is 1. The fourth-order valence-corrected chi connectivity index (χ4v) is 10.9. The number of likely N-dealkylation sites (tertiary alicyclic amines) is 1. The summed E-state index contributed by atoms with van der Waals surface area (Å²) in [5.41, 5.74) is 2.20. The first kappa shape index (κ1) is 31.3. The lowest BCUT2D eigenvalue weighted by Crippen LogP contribution is -2.48. The summed E-state index contributed by atoms with van der Waals surface area (Å²) in [5.74, 6) is 0.0228. The maximum atomic E-state index is 14.2. The van der Waals surface area contributed by atoms with Crippen molar-refractivity contribution in [1.82, 2.24) is 9.57 Å². The van der Waals surface area contributed by atoms with Crippen molar-refractivity contribution >= 4 is 29.9 Å². The van der Waals surface area contributed by atoms with E-state index in [-0.39, 0.29) is 34.4 Å². The fourth-order valence-electron chi connectivity index (χ4n) is 7.33. The molecule has 0 spiro atoms. The predicted molar refractivity (Wildman–Crippen MR) is 166 cm³/mol. The molecule has 1 saturated heterocycles. The van der Waals surface area contributed by atoms with Gasteiger partial charge in [0.25, 0.3) is 5.91 Å². The number of nitriles is 1. The lowest BCUT2D eigenvalue weighted by Gasteiger charge is -2.47. The number of nitrogens with zero attached hydrogens (tertiary/aromatic N) is 4. The first-order valence-electron chi connectivity index (χ1n) is 15.2. The third kappa shape index (κ3) is 5.73. The smallest absolute Gasteiger partial charge is 0.349 e. The summed E-state index contributed by atoms with van der Waals surface area (Å²) in [7, 11) is -2.73. The second-order valence-corrected chi connectivity index (χ2v) is 16.9. The second kappa shape index (κ2) is 11.9. The van der Waals surface area contributed by atoms with Crippen molar-refractivity contribution in [2.24, 2.45) is 0 Å². The number of hydrogen-bond donors (Lipinski definition) is 0. The first-order valence-corrected chi connectivity index (χ1v) is 17.0. The van der Waals surface area contributed by atoms with Crippen LogP contribution >= 0.6 is 7.29 Å². The topological polar surface area (TPSA) is 97.9 Å². The summed E-state index contributed by atoms with van der Waals surface area (Å²) >= 11 is 0. The monoisotopic (exact) mass is 582 g/mol. The molecule has 0 N–H and O–H groups in total. The van der Waals surface area contributed by atoms with Crippen LogP contribution in [0.2, 0.25) is 0 Å². The Bertz CT molecular complexity index is 1420. The summed E-state index contributed by atoms with van der Waals surface area (Å²) in [5, 5.41) is 10.0. The standard InChI is InChI=1S/C32H47N4O4P/c1-9-35-28-19-29-24(17-26(28)23(6)20-32(35,7)8)18-27(31(38)40-29)30(37)34-15-11-25(12-16-34)36(14-10-13-33)41(39,21(2)3)22(4)5/h17-19,21-23,25H,9-12,14-16,20H2,1-8H3. The largest absolute Gasteiger partial charge is 0.422 e. The first-order chi connectivity index (χ1) is 19.3. The number of rotatable bonds is 8. The average molecular weight is 583 g/mol. The molecule has 0 radical (unpaired) electrons. The lowest BCUT2D eigenvalue weighted by atomic mass is 9.79. The minimum atomic E-state index is -2.73. The van der Waals surface area contributed by atoms with Gasteiger partial charge in [0.2, 0.25) is 0 Å². The molecule has 1 aromatic carbocycles. The van der Waals surface area contributed by atoms with Crippen LogP contribution in [-0.4, -0.2) is 64.6 Å². The molecule has 41 heavy (non-hydrogen) atoms. The molecule has 1 unspecified atom stereocenters. The van der Waals surface area contributed by atoms with Gasteiger partial charge >= 0.3 is 5.63 Å². The normalized spacial score (nSPS) is 19.7. The third-order valence-corrected chi connectivity index (χ3v) is 13.6. The Hall–Kier alpha value is -2.62. The van der Waals surface area contributed by atoms with Crippen LogP contribution in [-0.2, 0) is 4.57 Å². The van der Waals surface area contributed by atoms with E-state index >= 15 is 0 Å². The predicted octanol–water partition coefficient (Wildman–Crippen LogP) is 6.82. The minimum Gasteiger partial charge on any atom is -0.422 e. The molecule has 224 valence electrons. The summed E-state index contributed by atoms with van der Waals surface area (Å²) < 4.78 is 22.1. The number of fused-ring (bicyclic) bond motifs is 2. The average Bonchev–Trinajstić information content (AvgIpc) is 2.91. The Balaban J connectivity index is 1.59. The molecular weight excluding hydrogens is 535 g/mol. The zero-order valence-corrected chi connectivity index (χ0v) is 27.0. The molecule has 4 rings (SSSR count). The second-order valence-electron chi connectivity index (χ2n) is 13.0. The number of hydrogen-bond acceptors (Lipinski definition) is 6. The molecule has 8 nitrogen and oxygen atoms in total. The minimum absolute atomic E-state index is 0.000563. The summed E-state index contributed by atoms with van der Waals surface area (Å²) in [4.78, 5) is 30.8. The highest BCUT2D eigenvalue weighted by atomic mass is 31.2. The van der Waals surface area contributed by atoms with Gasteiger partial charge in [-0.15, -0.1) is 0 Å². The van der Waals surface area contributed by atoms with Crippen molar-refractivity contribution in [1.29, 1.82) is 5.26 Å². The van der Waals surface area contributed by atoms with Gasteiger partial charge in [-0.2, -0.15) is 5.26 Å². The van der Waals surface area contributed by atoms with E-state index in [4.69, 9.17) is 4.42 Å². The number of anilines is 1. The van der Waals surface area contributed by atoms with Gasteiger partial charge in [0, 0.05) is 72.6 Å². The third-order valence-electron chi connectivity index (χ3n) is 9.29. The van der Waals surface area contributed by atoms with Crippen molar-refractivity contribution in [3.63, 3.8) is 0 Å². The van der Waals surface area contributed by atoms with Gasteiger partial charge in [-0.3, -0.25) is 4.79 Å². The van der Waals surface area contributed by atoms with E-state index < -0.39 is 12.9 Å². The van der Waals surface area contributed by atoms with Gasteiger partial charge in [-0.1, -0.05) is 34.6 Å². The molecule has 0 saturated carbocycles. The van der Waals surface area contributed by atoms with Gasteiger partial charge in [-0.25, -0.2) is 9.46 Å². The molecule has 1 amide bonds. The molecule has 1 aromatic heterocycles. The molecule has 2 aliphatic heterocycles. The molecule has 2 aliphatic rings. The molecule has 3 heterocycles. The van der Waals surface area contributed by atoms with Crippen molar-refractivity contribution in [2.75, 3.05) is 31.1 Å². The van der Waals surface area contributed by atoms with E-state index in [0.29, 0.717) is 50.4 Å². The quantitative estimate of drug-likeness (QED) is 0.249. The SMILES string of the molecule is CCN1c2cc3oc(=O)c(C(=O)N4CCC(N(CCC#N)P(=O)(C(C)C)C(C)C)CC4)cc3cc2C(C)CC1(C)C. The number of amides is 1. The highest BCUT2D eigenvalue weighted by Crippen LogP contribution is 2.59. The van der Waals surface area contributed by atoms with Crippen LogP contribution in [0.25, 0.3) is 11.0 Å². The highest BCUT2D eigenvalue weighted by Gasteiger charge is 2.42. The zero-order chi connectivity index (χ0) is 30.3. The fraction of sp³-hybridized carbons (Fsp3) is 0.656. The van der Waals surface area contributed by atoms with Gasteiger partial charge in [0.1, 0.15) is 11.1 Å².